The van der Waals surface area contributed by atoms with Crippen LogP contribution in [0.1, 0.15) is 33.1 Å². The third-order valence-corrected chi connectivity index (χ3v) is 3.16. The van der Waals surface area contributed by atoms with E-state index in [9.17, 15) is 0 Å². The molecule has 0 N–H and O–H groups in total. The molecule has 5 heteroatoms. The molecule has 2 fully saturated rings. The van der Waals surface area contributed by atoms with Gasteiger partial charge in [-0.15, -0.1) is 0 Å². The lowest BCUT2D eigenvalue weighted by Gasteiger charge is -2.23. The number of azide groups is 1. The fourth-order valence-electron chi connectivity index (χ4n) is 2.59. The molecule has 84 valence electrons. The normalized spacial score (nSPS) is 38.1. The van der Waals surface area contributed by atoms with E-state index in [0.717, 1.165) is 19.3 Å². The third kappa shape index (κ3) is 2.25. The first-order valence-electron chi connectivity index (χ1n) is 5.38. The standard InChI is InChI=1S/C10H17N3O2/c1-9(2)6-10(7-14-9)4-3-8(15-10)5-12-13-11/h8H,3-7H2,1-2H3/t8-,10+/m1/s1. The predicted molar refractivity (Wildman–Crippen MR) is 55.5 cm³/mol. The number of hydrogen-bond donors (Lipinski definition) is 0. The summed E-state index contributed by atoms with van der Waals surface area (Å²) in [5, 5.41) is 3.56. The maximum absolute atomic E-state index is 8.24. The smallest absolute Gasteiger partial charge is 0.0947 e. The predicted octanol–water partition coefficient (Wildman–Crippen LogP) is 2.41. The number of rotatable bonds is 2. The fourth-order valence-corrected chi connectivity index (χ4v) is 2.59. The molecule has 0 unspecified atom stereocenters. The van der Waals surface area contributed by atoms with Crippen molar-refractivity contribution in [1.82, 2.24) is 0 Å². The number of nitrogens with zero attached hydrogens (tertiary/aromatic N) is 3. The van der Waals surface area contributed by atoms with Gasteiger partial charge in [-0.05, 0) is 32.2 Å². The van der Waals surface area contributed by atoms with Gasteiger partial charge in [-0.1, -0.05) is 5.11 Å². The van der Waals surface area contributed by atoms with E-state index >= 15 is 0 Å². The van der Waals surface area contributed by atoms with Crippen LogP contribution in [0.3, 0.4) is 0 Å². The van der Waals surface area contributed by atoms with Crippen LogP contribution in [0.5, 0.6) is 0 Å². The van der Waals surface area contributed by atoms with Crippen molar-refractivity contribution >= 4 is 0 Å². The highest BCUT2D eigenvalue weighted by molar-refractivity contribution is 4.99. The summed E-state index contributed by atoms with van der Waals surface area (Å²) in [5.41, 5.74) is 8.06. The van der Waals surface area contributed by atoms with Gasteiger partial charge in [0.05, 0.1) is 30.5 Å². The Bertz CT molecular complexity index is 299. The topological polar surface area (TPSA) is 67.2 Å². The minimum absolute atomic E-state index is 0.0760. The van der Waals surface area contributed by atoms with Crippen molar-refractivity contribution in [3.8, 4) is 0 Å². The molecule has 0 aromatic heterocycles. The van der Waals surface area contributed by atoms with Crippen molar-refractivity contribution in [2.75, 3.05) is 13.2 Å². The van der Waals surface area contributed by atoms with Gasteiger partial charge in [-0.3, -0.25) is 0 Å². The molecule has 2 heterocycles. The average Bonchev–Trinajstić information content (AvgIpc) is 2.68. The van der Waals surface area contributed by atoms with Gasteiger partial charge >= 0.3 is 0 Å². The van der Waals surface area contributed by atoms with Crippen molar-refractivity contribution in [2.45, 2.75) is 50.4 Å². The first kappa shape index (κ1) is 10.7. The van der Waals surface area contributed by atoms with Crippen LogP contribution in [0, 0.1) is 0 Å². The molecule has 1 spiro atoms. The van der Waals surface area contributed by atoms with Crippen molar-refractivity contribution in [3.05, 3.63) is 10.4 Å². The zero-order valence-corrected chi connectivity index (χ0v) is 9.27. The lowest BCUT2D eigenvalue weighted by molar-refractivity contribution is -0.0433. The Balaban J connectivity index is 1.95. The SMILES string of the molecule is CC1(C)C[C@@]2(CC[C@H](CN=[N+]=[N-])O2)CO1. The van der Waals surface area contributed by atoms with Gasteiger partial charge in [0, 0.05) is 11.3 Å². The molecule has 0 amide bonds. The van der Waals surface area contributed by atoms with E-state index in [-0.39, 0.29) is 17.3 Å². The summed E-state index contributed by atoms with van der Waals surface area (Å²) in [7, 11) is 0. The Hall–Kier alpha value is -0.770. The molecule has 15 heavy (non-hydrogen) atoms. The monoisotopic (exact) mass is 211 g/mol. The quantitative estimate of drug-likeness (QED) is 0.400. The minimum atomic E-state index is -0.112. The van der Waals surface area contributed by atoms with Gasteiger partial charge in [0.15, 0.2) is 0 Å². The zero-order chi connectivity index (χ0) is 10.9. The molecule has 2 atom stereocenters. The number of hydrogen-bond acceptors (Lipinski definition) is 3. The van der Waals surface area contributed by atoms with E-state index in [1.54, 1.807) is 0 Å². The molecule has 2 aliphatic heterocycles. The van der Waals surface area contributed by atoms with Gasteiger partial charge in [-0.25, -0.2) is 0 Å². The highest BCUT2D eigenvalue weighted by Gasteiger charge is 2.49. The maximum Gasteiger partial charge on any atom is 0.0947 e. The van der Waals surface area contributed by atoms with Gasteiger partial charge in [0.2, 0.25) is 0 Å². The molecule has 5 nitrogen and oxygen atoms in total. The summed E-state index contributed by atoms with van der Waals surface area (Å²) in [6.45, 7) is 5.29. The molecular weight excluding hydrogens is 194 g/mol. The molecular formula is C10H17N3O2. The van der Waals surface area contributed by atoms with Gasteiger partial charge in [0.1, 0.15) is 0 Å². The van der Waals surface area contributed by atoms with Crippen LogP contribution in [-0.4, -0.2) is 30.5 Å². The zero-order valence-electron chi connectivity index (χ0n) is 9.27. The van der Waals surface area contributed by atoms with E-state index in [0.29, 0.717) is 13.2 Å². The third-order valence-electron chi connectivity index (χ3n) is 3.16. The Morgan fingerprint density at radius 2 is 2.33 bits per heavy atom. The van der Waals surface area contributed by atoms with Gasteiger partial charge in [-0.2, -0.15) is 0 Å². The van der Waals surface area contributed by atoms with E-state index in [2.05, 4.69) is 23.9 Å². The summed E-state index contributed by atoms with van der Waals surface area (Å²) in [6.07, 6.45) is 3.01. The average molecular weight is 211 g/mol. The summed E-state index contributed by atoms with van der Waals surface area (Å²) in [4.78, 5) is 2.76. The molecule has 0 saturated carbocycles. The minimum Gasteiger partial charge on any atom is -0.372 e. The van der Waals surface area contributed by atoms with Crippen LogP contribution in [0.15, 0.2) is 5.11 Å². The first-order valence-corrected chi connectivity index (χ1v) is 5.38. The first-order chi connectivity index (χ1) is 7.05. The van der Waals surface area contributed by atoms with Crippen molar-refractivity contribution in [3.63, 3.8) is 0 Å². The molecule has 0 bridgehead atoms. The second kappa shape index (κ2) is 3.67. The van der Waals surface area contributed by atoms with Crippen molar-refractivity contribution in [1.29, 1.82) is 0 Å². The highest BCUT2D eigenvalue weighted by atomic mass is 16.6. The summed E-state index contributed by atoms with van der Waals surface area (Å²) in [6, 6.07) is 0. The molecule has 0 radical (unpaired) electrons. The van der Waals surface area contributed by atoms with Crippen molar-refractivity contribution < 1.29 is 9.47 Å². The lowest BCUT2D eigenvalue weighted by atomic mass is 9.91. The lowest BCUT2D eigenvalue weighted by Crippen LogP contribution is -2.31. The molecule has 2 aliphatic rings. The number of ether oxygens (including phenoxy) is 2. The Labute approximate surface area is 89.4 Å². The fraction of sp³-hybridized carbons (Fsp3) is 1.00. The van der Waals surface area contributed by atoms with Crippen LogP contribution < -0.4 is 0 Å². The molecule has 2 rings (SSSR count). The van der Waals surface area contributed by atoms with Crippen LogP contribution in [-0.2, 0) is 9.47 Å². The van der Waals surface area contributed by atoms with E-state index in [1.807, 2.05) is 0 Å². The molecule has 2 saturated heterocycles. The Kier molecular flexibility index (Phi) is 2.63. The Morgan fingerprint density at radius 3 is 2.93 bits per heavy atom. The second-order valence-corrected chi connectivity index (χ2v) is 5.10. The highest BCUT2D eigenvalue weighted by Crippen LogP contribution is 2.43. The van der Waals surface area contributed by atoms with E-state index in [4.69, 9.17) is 15.0 Å². The van der Waals surface area contributed by atoms with Crippen LogP contribution in [0.2, 0.25) is 0 Å². The summed E-state index contributed by atoms with van der Waals surface area (Å²) in [5.74, 6) is 0. The van der Waals surface area contributed by atoms with Gasteiger partial charge < -0.3 is 9.47 Å². The van der Waals surface area contributed by atoms with Crippen LogP contribution in [0.4, 0.5) is 0 Å². The summed E-state index contributed by atoms with van der Waals surface area (Å²) >= 11 is 0. The van der Waals surface area contributed by atoms with Gasteiger partial charge in [0.25, 0.3) is 0 Å². The largest absolute Gasteiger partial charge is 0.372 e. The Morgan fingerprint density at radius 1 is 1.53 bits per heavy atom. The van der Waals surface area contributed by atoms with Crippen molar-refractivity contribution in [2.24, 2.45) is 5.11 Å². The maximum atomic E-state index is 8.24. The molecule has 0 aromatic rings. The summed E-state index contributed by atoms with van der Waals surface area (Å²) < 4.78 is 11.7. The van der Waals surface area contributed by atoms with E-state index < -0.39 is 0 Å². The van der Waals surface area contributed by atoms with E-state index in [1.165, 1.54) is 0 Å². The molecule has 0 aromatic carbocycles. The second-order valence-electron chi connectivity index (χ2n) is 5.10. The molecule has 0 aliphatic carbocycles. The van der Waals surface area contributed by atoms with Crippen LogP contribution >= 0.6 is 0 Å². The van der Waals surface area contributed by atoms with Crippen LogP contribution in [0.25, 0.3) is 10.4 Å².